The number of carbonyl (C=O) groups excluding carboxylic acids is 2. The highest BCUT2D eigenvalue weighted by atomic mass is 35.5. The van der Waals surface area contributed by atoms with Crippen LogP contribution in [0.15, 0.2) is 42.5 Å². The van der Waals surface area contributed by atoms with E-state index in [1.54, 1.807) is 36.4 Å². The third-order valence-corrected chi connectivity index (χ3v) is 3.78. The van der Waals surface area contributed by atoms with Crippen LogP contribution in [0, 0.1) is 0 Å². The Hall–Kier alpha value is -2.44. The van der Waals surface area contributed by atoms with Crippen LogP contribution in [0.1, 0.15) is 6.92 Å². The van der Waals surface area contributed by atoms with Gasteiger partial charge < -0.3 is 19.5 Å². The largest absolute Gasteiger partial charge is 0.495 e. The minimum Gasteiger partial charge on any atom is -0.495 e. The van der Waals surface area contributed by atoms with Crippen LogP contribution < -0.4 is 14.8 Å². The van der Waals surface area contributed by atoms with Gasteiger partial charge in [-0.2, -0.15) is 0 Å². The van der Waals surface area contributed by atoms with E-state index in [9.17, 15) is 9.59 Å². The average Bonchev–Trinajstić information content (AvgIpc) is 2.60. The summed E-state index contributed by atoms with van der Waals surface area (Å²) in [6.45, 7) is 1.12. The van der Waals surface area contributed by atoms with Gasteiger partial charge >= 0.3 is 5.97 Å². The van der Waals surface area contributed by atoms with Crippen LogP contribution in [0.3, 0.4) is 0 Å². The number of carbonyl (C=O) groups is 2. The number of hydrogen-bond acceptors (Lipinski definition) is 5. The van der Waals surface area contributed by atoms with Crippen LogP contribution >= 0.6 is 23.2 Å². The molecule has 0 unspecified atom stereocenters. The molecule has 0 aliphatic heterocycles. The van der Waals surface area contributed by atoms with E-state index < -0.39 is 18.0 Å². The van der Waals surface area contributed by atoms with Gasteiger partial charge in [0.05, 0.1) is 12.1 Å². The van der Waals surface area contributed by atoms with E-state index in [-0.39, 0.29) is 6.61 Å². The summed E-state index contributed by atoms with van der Waals surface area (Å²) < 4.78 is 15.4. The molecule has 0 aromatic heterocycles. The van der Waals surface area contributed by atoms with E-state index in [0.717, 1.165) is 0 Å². The minimum absolute atomic E-state index is 0.341. The summed E-state index contributed by atoms with van der Waals surface area (Å²) >= 11 is 11.8. The smallest absolute Gasteiger partial charge is 0.344 e. The molecule has 1 atom stereocenters. The standard InChI is InChI=1S/C18H17Cl2NO5/c1-11(18(23)21-13-6-7-16(24-2)15(20)9-13)26-17(22)10-25-14-5-3-4-12(19)8-14/h3-9,11H,10H2,1-2H3,(H,21,23)/t11-/m0/s1. The topological polar surface area (TPSA) is 73.9 Å². The Morgan fingerprint density at radius 2 is 1.92 bits per heavy atom. The molecule has 2 rings (SSSR count). The molecule has 0 bridgehead atoms. The summed E-state index contributed by atoms with van der Waals surface area (Å²) in [6, 6.07) is 11.4. The molecule has 0 spiro atoms. The van der Waals surface area contributed by atoms with E-state index in [0.29, 0.717) is 27.2 Å². The Bertz CT molecular complexity index is 797. The van der Waals surface area contributed by atoms with Crippen molar-refractivity contribution >= 4 is 40.8 Å². The summed E-state index contributed by atoms with van der Waals surface area (Å²) in [5.74, 6) is -0.260. The molecule has 2 aromatic rings. The van der Waals surface area contributed by atoms with Gasteiger partial charge in [0, 0.05) is 10.7 Å². The second kappa shape index (κ2) is 9.31. The molecule has 2 aromatic carbocycles. The molecule has 1 N–H and O–H groups in total. The fourth-order valence-corrected chi connectivity index (χ4v) is 2.41. The summed E-state index contributed by atoms with van der Waals surface area (Å²) in [7, 11) is 1.49. The van der Waals surface area contributed by atoms with Crippen molar-refractivity contribution in [1.82, 2.24) is 0 Å². The van der Waals surface area contributed by atoms with Crippen molar-refractivity contribution in [3.05, 3.63) is 52.5 Å². The lowest BCUT2D eigenvalue weighted by Gasteiger charge is -2.14. The SMILES string of the molecule is COc1ccc(NC(=O)[C@H](C)OC(=O)COc2cccc(Cl)c2)cc1Cl. The molecule has 138 valence electrons. The zero-order valence-electron chi connectivity index (χ0n) is 14.1. The molecular weight excluding hydrogens is 381 g/mol. The molecule has 0 aliphatic rings. The second-order valence-corrected chi connectivity index (χ2v) is 6.06. The van der Waals surface area contributed by atoms with E-state index in [4.69, 9.17) is 37.4 Å². The fraction of sp³-hybridized carbons (Fsp3) is 0.222. The lowest BCUT2D eigenvalue weighted by Crippen LogP contribution is -2.31. The summed E-state index contributed by atoms with van der Waals surface area (Å²) in [4.78, 5) is 23.9. The second-order valence-electron chi connectivity index (χ2n) is 5.22. The van der Waals surface area contributed by atoms with Crippen LogP contribution in [0.5, 0.6) is 11.5 Å². The first-order valence-corrected chi connectivity index (χ1v) is 8.37. The summed E-state index contributed by atoms with van der Waals surface area (Å²) in [6.07, 6.45) is -1.01. The molecule has 0 aliphatic carbocycles. The zero-order valence-corrected chi connectivity index (χ0v) is 15.6. The van der Waals surface area contributed by atoms with Crippen LogP contribution in [-0.2, 0) is 14.3 Å². The van der Waals surface area contributed by atoms with Crippen molar-refractivity contribution in [2.24, 2.45) is 0 Å². The number of anilines is 1. The van der Waals surface area contributed by atoms with E-state index in [1.807, 2.05) is 0 Å². The van der Waals surface area contributed by atoms with Crippen molar-refractivity contribution in [2.75, 3.05) is 19.0 Å². The first-order valence-electron chi connectivity index (χ1n) is 7.61. The number of rotatable bonds is 7. The number of ether oxygens (including phenoxy) is 3. The molecular formula is C18H17Cl2NO5. The third kappa shape index (κ3) is 5.82. The number of hydrogen-bond donors (Lipinski definition) is 1. The number of esters is 1. The Morgan fingerprint density at radius 3 is 2.58 bits per heavy atom. The molecule has 0 fully saturated rings. The van der Waals surface area contributed by atoms with Gasteiger partial charge in [-0.1, -0.05) is 29.3 Å². The lowest BCUT2D eigenvalue weighted by atomic mass is 10.3. The van der Waals surface area contributed by atoms with E-state index in [2.05, 4.69) is 5.32 Å². The fourth-order valence-electron chi connectivity index (χ4n) is 1.97. The number of nitrogens with one attached hydrogen (secondary N) is 1. The normalized spacial score (nSPS) is 11.4. The molecule has 26 heavy (non-hydrogen) atoms. The first-order chi connectivity index (χ1) is 12.4. The maximum absolute atomic E-state index is 12.1. The highest BCUT2D eigenvalue weighted by Gasteiger charge is 2.18. The van der Waals surface area contributed by atoms with Crippen molar-refractivity contribution in [2.45, 2.75) is 13.0 Å². The number of benzene rings is 2. The molecule has 8 heteroatoms. The highest BCUT2D eigenvalue weighted by molar-refractivity contribution is 6.32. The Morgan fingerprint density at radius 1 is 1.15 bits per heavy atom. The Kier molecular flexibility index (Phi) is 7.12. The first kappa shape index (κ1) is 19.9. The minimum atomic E-state index is -1.01. The van der Waals surface area contributed by atoms with Gasteiger partial charge in [0.2, 0.25) is 0 Å². The molecule has 0 saturated carbocycles. The summed E-state index contributed by atoms with van der Waals surface area (Å²) in [5, 5.41) is 3.45. The van der Waals surface area contributed by atoms with Gasteiger partial charge in [-0.3, -0.25) is 4.79 Å². The van der Waals surface area contributed by atoms with Gasteiger partial charge in [-0.15, -0.1) is 0 Å². The molecule has 0 radical (unpaired) electrons. The average molecular weight is 398 g/mol. The molecule has 0 saturated heterocycles. The predicted molar refractivity (Wildman–Crippen MR) is 99.1 cm³/mol. The molecule has 1 amide bonds. The van der Waals surface area contributed by atoms with Crippen molar-refractivity contribution in [3.8, 4) is 11.5 Å². The monoisotopic (exact) mass is 397 g/mol. The molecule has 6 nitrogen and oxygen atoms in total. The van der Waals surface area contributed by atoms with Gasteiger partial charge in [-0.05, 0) is 43.3 Å². The maximum Gasteiger partial charge on any atom is 0.344 e. The van der Waals surface area contributed by atoms with Crippen LogP contribution in [-0.4, -0.2) is 31.7 Å². The zero-order chi connectivity index (χ0) is 19.1. The highest BCUT2D eigenvalue weighted by Crippen LogP contribution is 2.27. The van der Waals surface area contributed by atoms with Gasteiger partial charge in [-0.25, -0.2) is 4.79 Å². The number of amides is 1. The van der Waals surface area contributed by atoms with Crippen LogP contribution in [0.4, 0.5) is 5.69 Å². The third-order valence-electron chi connectivity index (χ3n) is 3.25. The predicted octanol–water partition coefficient (Wildman–Crippen LogP) is 3.95. The number of halogens is 2. The van der Waals surface area contributed by atoms with Crippen LogP contribution in [0.25, 0.3) is 0 Å². The van der Waals surface area contributed by atoms with Gasteiger partial charge in [0.1, 0.15) is 11.5 Å². The Balaban J connectivity index is 1.84. The van der Waals surface area contributed by atoms with Gasteiger partial charge in [0.15, 0.2) is 12.7 Å². The summed E-state index contributed by atoms with van der Waals surface area (Å²) in [5.41, 5.74) is 0.457. The van der Waals surface area contributed by atoms with E-state index >= 15 is 0 Å². The molecule has 0 heterocycles. The quantitative estimate of drug-likeness (QED) is 0.715. The van der Waals surface area contributed by atoms with Gasteiger partial charge in [0.25, 0.3) is 5.91 Å². The van der Waals surface area contributed by atoms with Crippen molar-refractivity contribution in [1.29, 1.82) is 0 Å². The van der Waals surface area contributed by atoms with Crippen LogP contribution in [0.2, 0.25) is 10.0 Å². The van der Waals surface area contributed by atoms with E-state index in [1.165, 1.54) is 20.1 Å². The number of methoxy groups -OCH3 is 1. The maximum atomic E-state index is 12.1. The van der Waals surface area contributed by atoms with Crippen molar-refractivity contribution in [3.63, 3.8) is 0 Å². The van der Waals surface area contributed by atoms with Crippen molar-refractivity contribution < 1.29 is 23.8 Å². The lowest BCUT2D eigenvalue weighted by molar-refractivity contribution is -0.155. The Labute approximate surface area is 160 Å².